The van der Waals surface area contributed by atoms with Crippen molar-refractivity contribution in [3.63, 3.8) is 0 Å². The second-order valence-electron chi connectivity index (χ2n) is 5.17. The van der Waals surface area contributed by atoms with Crippen LogP contribution in [0.3, 0.4) is 0 Å². The van der Waals surface area contributed by atoms with Crippen molar-refractivity contribution in [3.8, 4) is 16.9 Å². The van der Waals surface area contributed by atoms with Crippen LogP contribution in [0.4, 0.5) is 18.9 Å². The lowest BCUT2D eigenvalue weighted by Gasteiger charge is -2.11. The van der Waals surface area contributed by atoms with E-state index in [4.69, 9.17) is 16.2 Å². The average molecular weight is 367 g/mol. The van der Waals surface area contributed by atoms with Crippen LogP contribution in [-0.2, 0) is 6.18 Å². The number of nitrogens with two attached hydrogens (primary N) is 2. The lowest BCUT2D eigenvalue weighted by molar-refractivity contribution is -0.140. The van der Waals surface area contributed by atoms with Crippen LogP contribution >= 0.6 is 11.3 Å². The Morgan fingerprint density at radius 3 is 2.60 bits per heavy atom. The van der Waals surface area contributed by atoms with Gasteiger partial charge in [0.25, 0.3) is 5.91 Å². The zero-order chi connectivity index (χ0) is 18.4. The normalized spacial score (nSPS) is 11.7. The number of pyridine rings is 1. The van der Waals surface area contributed by atoms with E-state index in [1.165, 1.54) is 7.11 Å². The molecule has 1 amide bonds. The van der Waals surface area contributed by atoms with Gasteiger partial charge in [0.15, 0.2) is 0 Å². The van der Waals surface area contributed by atoms with Gasteiger partial charge in [0.05, 0.1) is 12.8 Å². The number of amides is 1. The molecule has 0 saturated carbocycles. The van der Waals surface area contributed by atoms with E-state index in [9.17, 15) is 18.0 Å². The summed E-state index contributed by atoms with van der Waals surface area (Å²) in [6, 6.07) is 7.42. The first kappa shape index (κ1) is 17.0. The molecule has 9 heteroatoms. The minimum Gasteiger partial charge on any atom is -0.497 e. The minimum atomic E-state index is -4.65. The van der Waals surface area contributed by atoms with Crippen molar-refractivity contribution in [2.45, 2.75) is 6.18 Å². The average Bonchev–Trinajstić information content (AvgIpc) is 2.90. The molecule has 0 spiro atoms. The van der Waals surface area contributed by atoms with Crippen LogP contribution in [0, 0.1) is 0 Å². The summed E-state index contributed by atoms with van der Waals surface area (Å²) in [7, 11) is 1.45. The van der Waals surface area contributed by atoms with E-state index in [0.717, 1.165) is 17.4 Å². The fourth-order valence-electron chi connectivity index (χ4n) is 2.47. The summed E-state index contributed by atoms with van der Waals surface area (Å²) in [5, 5.41) is 0.264. The Bertz CT molecular complexity index is 983. The number of primary amides is 1. The first-order valence-electron chi connectivity index (χ1n) is 6.96. The molecule has 4 N–H and O–H groups in total. The molecule has 5 nitrogen and oxygen atoms in total. The third kappa shape index (κ3) is 2.98. The Morgan fingerprint density at radius 2 is 2.00 bits per heavy atom. The molecular formula is C16H12F3N3O2S. The summed E-state index contributed by atoms with van der Waals surface area (Å²) < 4.78 is 44.8. The Labute approximate surface area is 144 Å². The number of ether oxygens (including phenoxy) is 1. The second kappa shape index (κ2) is 5.92. The molecular weight excluding hydrogens is 355 g/mol. The van der Waals surface area contributed by atoms with Crippen LogP contribution in [0.2, 0.25) is 0 Å². The van der Waals surface area contributed by atoms with Gasteiger partial charge in [-0.2, -0.15) is 13.2 Å². The van der Waals surface area contributed by atoms with Crippen molar-refractivity contribution in [1.29, 1.82) is 0 Å². The Kier molecular flexibility index (Phi) is 4.03. The summed E-state index contributed by atoms with van der Waals surface area (Å²) in [5.41, 5.74) is 10.8. The summed E-state index contributed by atoms with van der Waals surface area (Å²) in [5.74, 6) is -0.342. The van der Waals surface area contributed by atoms with E-state index in [-0.39, 0.29) is 26.3 Å². The van der Waals surface area contributed by atoms with Crippen molar-refractivity contribution in [1.82, 2.24) is 4.98 Å². The number of anilines is 1. The number of hydrogen-bond donors (Lipinski definition) is 2. The number of hydrogen-bond acceptors (Lipinski definition) is 5. The number of carbonyl (C=O) groups excluding carboxylic acids is 1. The maximum absolute atomic E-state index is 13.2. The molecule has 0 aliphatic carbocycles. The molecule has 0 saturated heterocycles. The predicted octanol–water partition coefficient (Wildman–Crippen LogP) is 3.67. The van der Waals surface area contributed by atoms with Gasteiger partial charge in [0.2, 0.25) is 0 Å². The molecule has 25 heavy (non-hydrogen) atoms. The number of carbonyl (C=O) groups is 1. The van der Waals surface area contributed by atoms with Crippen LogP contribution in [0.15, 0.2) is 30.3 Å². The Hall–Kier alpha value is -2.81. The number of aromatic nitrogens is 1. The summed E-state index contributed by atoms with van der Waals surface area (Å²) in [4.78, 5) is 15.1. The smallest absolute Gasteiger partial charge is 0.433 e. The highest BCUT2D eigenvalue weighted by molar-refractivity contribution is 7.21. The van der Waals surface area contributed by atoms with Crippen molar-refractivity contribution in [3.05, 3.63) is 40.9 Å². The Morgan fingerprint density at radius 1 is 1.28 bits per heavy atom. The van der Waals surface area contributed by atoms with Crippen molar-refractivity contribution < 1.29 is 22.7 Å². The fourth-order valence-corrected chi connectivity index (χ4v) is 3.44. The number of halogens is 3. The summed E-state index contributed by atoms with van der Waals surface area (Å²) in [6.45, 7) is 0. The minimum absolute atomic E-state index is 0.000977. The Balaban J connectivity index is 2.39. The largest absolute Gasteiger partial charge is 0.497 e. The van der Waals surface area contributed by atoms with Gasteiger partial charge >= 0.3 is 6.18 Å². The maximum Gasteiger partial charge on any atom is 0.433 e. The second-order valence-corrected chi connectivity index (χ2v) is 6.17. The van der Waals surface area contributed by atoms with Crippen molar-refractivity contribution >= 4 is 33.1 Å². The highest BCUT2D eigenvalue weighted by Gasteiger charge is 2.34. The number of thiophene rings is 1. The van der Waals surface area contributed by atoms with Crippen molar-refractivity contribution in [2.75, 3.05) is 12.8 Å². The van der Waals surface area contributed by atoms with Gasteiger partial charge in [-0.1, -0.05) is 12.1 Å². The highest BCUT2D eigenvalue weighted by atomic mass is 32.1. The van der Waals surface area contributed by atoms with Gasteiger partial charge in [-0.25, -0.2) is 4.98 Å². The molecule has 0 atom stereocenters. The SMILES string of the molecule is COc1cccc(-c2cc(C(F)(F)F)nc3sc(C(N)=O)c(N)c23)c1. The maximum atomic E-state index is 13.2. The van der Waals surface area contributed by atoms with E-state index >= 15 is 0 Å². The topological polar surface area (TPSA) is 91.2 Å². The zero-order valence-electron chi connectivity index (χ0n) is 12.8. The molecule has 2 aromatic heterocycles. The summed E-state index contributed by atoms with van der Waals surface area (Å²) in [6.07, 6.45) is -4.65. The van der Waals surface area contributed by atoms with Crippen LogP contribution < -0.4 is 16.2 Å². The van der Waals surface area contributed by atoms with Crippen LogP contribution in [0.1, 0.15) is 15.4 Å². The van der Waals surface area contributed by atoms with Gasteiger partial charge < -0.3 is 16.2 Å². The number of nitrogens with zero attached hydrogens (tertiary/aromatic N) is 1. The van der Waals surface area contributed by atoms with Gasteiger partial charge in [-0.3, -0.25) is 4.79 Å². The lowest BCUT2D eigenvalue weighted by atomic mass is 10.0. The van der Waals surface area contributed by atoms with E-state index < -0.39 is 17.8 Å². The number of benzene rings is 1. The van der Waals surface area contributed by atoms with E-state index in [0.29, 0.717) is 11.3 Å². The quantitative estimate of drug-likeness (QED) is 0.739. The molecule has 0 radical (unpaired) electrons. The third-order valence-electron chi connectivity index (χ3n) is 3.59. The molecule has 0 bridgehead atoms. The number of methoxy groups -OCH3 is 1. The molecule has 1 aromatic carbocycles. The third-order valence-corrected chi connectivity index (χ3v) is 4.71. The van der Waals surface area contributed by atoms with Crippen LogP contribution in [0.25, 0.3) is 21.3 Å². The molecule has 3 rings (SSSR count). The van der Waals surface area contributed by atoms with Crippen LogP contribution in [-0.4, -0.2) is 18.0 Å². The molecule has 3 aromatic rings. The molecule has 130 valence electrons. The van der Waals surface area contributed by atoms with Crippen molar-refractivity contribution in [2.24, 2.45) is 5.73 Å². The molecule has 0 fully saturated rings. The van der Waals surface area contributed by atoms with Gasteiger partial charge in [-0.15, -0.1) is 11.3 Å². The van der Waals surface area contributed by atoms with E-state index in [1.807, 2.05) is 0 Å². The lowest BCUT2D eigenvalue weighted by Crippen LogP contribution is -2.10. The molecule has 0 aliphatic rings. The zero-order valence-corrected chi connectivity index (χ0v) is 13.7. The van der Waals surface area contributed by atoms with Crippen LogP contribution in [0.5, 0.6) is 5.75 Å². The molecule has 2 heterocycles. The number of alkyl halides is 3. The molecule has 0 aliphatic heterocycles. The number of fused-ring (bicyclic) bond motifs is 1. The highest BCUT2D eigenvalue weighted by Crippen LogP contribution is 2.42. The summed E-state index contributed by atoms with van der Waals surface area (Å²) >= 11 is 0.739. The van der Waals surface area contributed by atoms with E-state index in [2.05, 4.69) is 4.98 Å². The van der Waals surface area contributed by atoms with Gasteiger partial charge in [0.1, 0.15) is 21.2 Å². The van der Waals surface area contributed by atoms with E-state index in [1.54, 1.807) is 24.3 Å². The molecule has 0 unspecified atom stereocenters. The first-order valence-corrected chi connectivity index (χ1v) is 7.78. The van der Waals surface area contributed by atoms with Gasteiger partial charge in [-0.05, 0) is 29.3 Å². The number of nitrogen functional groups attached to an aromatic ring is 1. The van der Waals surface area contributed by atoms with Gasteiger partial charge in [0, 0.05) is 5.39 Å². The fraction of sp³-hybridized carbons (Fsp3) is 0.125. The monoisotopic (exact) mass is 367 g/mol. The standard InChI is InChI=1S/C16H12F3N3O2S/c1-24-8-4-2-3-7(5-8)9-6-10(16(17,18)19)22-15-11(9)12(20)13(25-15)14(21)23/h2-6H,20H2,1H3,(H2,21,23). The number of rotatable bonds is 3. The first-order chi connectivity index (χ1) is 11.7. The predicted molar refractivity (Wildman–Crippen MR) is 89.5 cm³/mol.